The van der Waals surface area contributed by atoms with Gasteiger partial charge in [0.1, 0.15) is 12.6 Å². The molecule has 0 aliphatic carbocycles. The number of H-pyrrole nitrogens is 1. The van der Waals surface area contributed by atoms with Crippen LogP contribution in [0.25, 0.3) is 10.9 Å². The van der Waals surface area contributed by atoms with Gasteiger partial charge in [0, 0.05) is 35.8 Å². The summed E-state index contributed by atoms with van der Waals surface area (Å²) in [6.45, 7) is 1.33. The first-order valence-electron chi connectivity index (χ1n) is 9.77. The Kier molecular flexibility index (Phi) is 6.62. The first-order valence-corrected chi connectivity index (χ1v) is 11.5. The number of fused-ring (bicyclic) bond motifs is 1. The van der Waals surface area contributed by atoms with Crippen LogP contribution in [-0.2, 0) is 27.4 Å². The van der Waals surface area contributed by atoms with E-state index in [1.54, 1.807) is 22.9 Å². The molecule has 0 aliphatic rings. The number of carbonyl (C=O) groups is 3. The number of nitrogens with zero attached hydrogens (tertiary/aromatic N) is 1. The molecule has 32 heavy (non-hydrogen) atoms. The van der Waals surface area contributed by atoms with Gasteiger partial charge in [-0.15, -0.1) is 22.7 Å². The zero-order valence-corrected chi connectivity index (χ0v) is 18.7. The molecule has 0 fully saturated rings. The Morgan fingerprint density at radius 2 is 2.00 bits per heavy atom. The predicted octanol–water partition coefficient (Wildman–Crippen LogP) is 3.73. The van der Waals surface area contributed by atoms with Crippen LogP contribution in [0.4, 0.5) is 5.13 Å². The predicted molar refractivity (Wildman–Crippen MR) is 124 cm³/mol. The van der Waals surface area contributed by atoms with Crippen molar-refractivity contribution >= 4 is 56.5 Å². The van der Waals surface area contributed by atoms with E-state index >= 15 is 0 Å². The molecule has 4 rings (SSSR count). The third-order valence-corrected chi connectivity index (χ3v) is 6.31. The number of hydrogen-bond acceptors (Lipinski definition) is 7. The number of aromatic nitrogens is 2. The topological polar surface area (TPSA) is 113 Å². The molecule has 0 aliphatic heterocycles. The number of carbonyl (C=O) groups excluding carboxylic acids is 3. The molecule has 0 radical (unpaired) electrons. The molecule has 0 unspecified atom stereocenters. The summed E-state index contributed by atoms with van der Waals surface area (Å²) in [6.07, 6.45) is 2.11. The van der Waals surface area contributed by atoms with Crippen molar-refractivity contribution in [2.24, 2.45) is 0 Å². The molecule has 8 nitrogen and oxygen atoms in total. The second-order valence-electron chi connectivity index (χ2n) is 7.00. The molecule has 3 N–H and O–H groups in total. The number of esters is 1. The SMILES string of the molecule is CC(=O)Nc1nc(COC(=O)[C@@H](Cc2c[nH]c3ccccc23)NC(=O)c2cccs2)cs1. The highest BCUT2D eigenvalue weighted by Crippen LogP contribution is 2.21. The second kappa shape index (κ2) is 9.75. The molecule has 1 atom stereocenters. The minimum Gasteiger partial charge on any atom is -0.458 e. The highest BCUT2D eigenvalue weighted by atomic mass is 32.1. The maximum atomic E-state index is 12.9. The highest BCUT2D eigenvalue weighted by molar-refractivity contribution is 7.14. The Labute approximate surface area is 191 Å². The molecule has 164 valence electrons. The van der Waals surface area contributed by atoms with Crippen molar-refractivity contribution in [3.05, 3.63) is 69.5 Å². The smallest absolute Gasteiger partial charge is 0.329 e. The highest BCUT2D eigenvalue weighted by Gasteiger charge is 2.25. The van der Waals surface area contributed by atoms with Crippen molar-refractivity contribution < 1.29 is 19.1 Å². The van der Waals surface area contributed by atoms with E-state index in [9.17, 15) is 14.4 Å². The van der Waals surface area contributed by atoms with Crippen molar-refractivity contribution in [3.8, 4) is 0 Å². The minimum absolute atomic E-state index is 0.0613. The van der Waals surface area contributed by atoms with Crippen molar-refractivity contribution in [3.63, 3.8) is 0 Å². The van der Waals surface area contributed by atoms with E-state index in [4.69, 9.17) is 4.74 Å². The van der Waals surface area contributed by atoms with Crippen LogP contribution in [0.3, 0.4) is 0 Å². The molecule has 2 amide bonds. The van der Waals surface area contributed by atoms with Crippen LogP contribution in [0.15, 0.2) is 53.4 Å². The van der Waals surface area contributed by atoms with Crippen LogP contribution in [0.1, 0.15) is 27.9 Å². The summed E-state index contributed by atoms with van der Waals surface area (Å²) in [5.41, 5.74) is 2.37. The Morgan fingerprint density at radius 3 is 2.78 bits per heavy atom. The molecule has 0 spiro atoms. The zero-order chi connectivity index (χ0) is 22.5. The molecular formula is C22H20N4O4S2. The molecule has 0 bridgehead atoms. The third-order valence-electron chi connectivity index (χ3n) is 4.63. The van der Waals surface area contributed by atoms with Gasteiger partial charge in [0.2, 0.25) is 5.91 Å². The summed E-state index contributed by atoms with van der Waals surface area (Å²) in [6, 6.07) is 10.4. The van der Waals surface area contributed by atoms with Gasteiger partial charge < -0.3 is 20.4 Å². The average molecular weight is 469 g/mol. The van der Waals surface area contributed by atoms with Crippen LogP contribution < -0.4 is 10.6 Å². The van der Waals surface area contributed by atoms with Gasteiger partial charge in [0.25, 0.3) is 5.91 Å². The summed E-state index contributed by atoms with van der Waals surface area (Å²) < 4.78 is 5.46. The van der Waals surface area contributed by atoms with Gasteiger partial charge in [-0.1, -0.05) is 24.3 Å². The third kappa shape index (κ3) is 5.21. The van der Waals surface area contributed by atoms with Crippen LogP contribution >= 0.6 is 22.7 Å². The lowest BCUT2D eigenvalue weighted by molar-refractivity contribution is -0.147. The van der Waals surface area contributed by atoms with E-state index < -0.39 is 12.0 Å². The summed E-state index contributed by atoms with van der Waals surface area (Å²) in [5, 5.41) is 10.3. The normalized spacial score (nSPS) is 11.8. The molecular weight excluding hydrogens is 448 g/mol. The van der Waals surface area contributed by atoms with Gasteiger partial charge in [-0.2, -0.15) is 0 Å². The Morgan fingerprint density at radius 1 is 1.16 bits per heavy atom. The minimum atomic E-state index is -0.878. The zero-order valence-electron chi connectivity index (χ0n) is 17.1. The quantitative estimate of drug-likeness (QED) is 0.341. The van der Waals surface area contributed by atoms with E-state index in [1.165, 1.54) is 29.6 Å². The van der Waals surface area contributed by atoms with Crippen LogP contribution in [-0.4, -0.2) is 33.8 Å². The Hall–Kier alpha value is -3.50. The number of thiazole rings is 1. The summed E-state index contributed by atoms with van der Waals surface area (Å²) in [7, 11) is 0. The monoisotopic (exact) mass is 468 g/mol. The van der Waals surface area contributed by atoms with Gasteiger partial charge in [-0.25, -0.2) is 9.78 Å². The van der Waals surface area contributed by atoms with Crippen LogP contribution in [0.5, 0.6) is 0 Å². The lowest BCUT2D eigenvalue weighted by Gasteiger charge is -2.17. The Balaban J connectivity index is 1.48. The fourth-order valence-corrected chi connectivity index (χ4v) is 4.55. The fourth-order valence-electron chi connectivity index (χ4n) is 3.18. The van der Waals surface area contributed by atoms with Gasteiger partial charge in [0.15, 0.2) is 5.13 Å². The number of benzene rings is 1. The first kappa shape index (κ1) is 21.7. The van der Waals surface area contributed by atoms with E-state index in [1.807, 2.05) is 30.5 Å². The maximum absolute atomic E-state index is 12.9. The maximum Gasteiger partial charge on any atom is 0.329 e. The number of rotatable bonds is 8. The number of aromatic amines is 1. The van der Waals surface area contributed by atoms with Crippen molar-refractivity contribution in [1.29, 1.82) is 0 Å². The van der Waals surface area contributed by atoms with E-state index in [0.29, 0.717) is 15.7 Å². The molecule has 10 heteroatoms. The standard InChI is InChI=1S/C22H20N4O4S2/c1-13(27)24-22-25-15(12-32-22)11-30-21(29)18(26-20(28)19-7-4-8-31-19)9-14-10-23-17-6-3-2-5-16(14)17/h2-8,10,12,18,23H,9,11H2,1H3,(H,26,28)(H,24,25,27)/t18-/m1/s1. The van der Waals surface area contributed by atoms with Gasteiger partial charge in [-0.3, -0.25) is 9.59 Å². The second-order valence-corrected chi connectivity index (χ2v) is 8.81. The van der Waals surface area contributed by atoms with Crippen LogP contribution in [0.2, 0.25) is 0 Å². The number of nitrogens with one attached hydrogen (secondary N) is 3. The molecule has 4 aromatic rings. The summed E-state index contributed by atoms with van der Waals surface area (Å²) >= 11 is 2.54. The van der Waals surface area contributed by atoms with Crippen molar-refractivity contribution in [1.82, 2.24) is 15.3 Å². The van der Waals surface area contributed by atoms with E-state index in [-0.39, 0.29) is 24.8 Å². The van der Waals surface area contributed by atoms with Crippen molar-refractivity contribution in [2.75, 3.05) is 5.32 Å². The molecule has 0 saturated heterocycles. The molecule has 3 aromatic heterocycles. The molecule has 3 heterocycles. The van der Waals surface area contributed by atoms with Crippen LogP contribution in [0, 0.1) is 0 Å². The first-order chi connectivity index (χ1) is 15.5. The fraction of sp³-hybridized carbons (Fsp3) is 0.182. The molecule has 0 saturated carbocycles. The number of ether oxygens (including phenoxy) is 1. The van der Waals surface area contributed by atoms with Gasteiger partial charge in [0.05, 0.1) is 10.6 Å². The van der Waals surface area contributed by atoms with Gasteiger partial charge >= 0.3 is 5.97 Å². The number of amides is 2. The average Bonchev–Trinajstić information content (AvgIpc) is 3.53. The van der Waals surface area contributed by atoms with E-state index in [0.717, 1.165) is 16.5 Å². The van der Waals surface area contributed by atoms with Crippen molar-refractivity contribution in [2.45, 2.75) is 26.0 Å². The number of para-hydroxylation sites is 1. The lowest BCUT2D eigenvalue weighted by atomic mass is 10.0. The number of thiophene rings is 1. The summed E-state index contributed by atoms with van der Waals surface area (Å²) in [5.74, 6) is -1.12. The lowest BCUT2D eigenvalue weighted by Crippen LogP contribution is -2.43. The summed E-state index contributed by atoms with van der Waals surface area (Å²) in [4.78, 5) is 44.6. The van der Waals surface area contributed by atoms with E-state index in [2.05, 4.69) is 20.6 Å². The largest absolute Gasteiger partial charge is 0.458 e. The number of anilines is 1. The number of hydrogen-bond donors (Lipinski definition) is 3. The Bertz CT molecular complexity index is 1250. The molecule has 1 aromatic carbocycles. The van der Waals surface area contributed by atoms with Gasteiger partial charge in [-0.05, 0) is 23.1 Å².